The third kappa shape index (κ3) is 4.67. The molecule has 1 aliphatic carbocycles. The number of hydrogen-bond donors (Lipinski definition) is 2. The van der Waals surface area contributed by atoms with E-state index in [1.807, 2.05) is 12.1 Å². The van der Waals surface area contributed by atoms with E-state index < -0.39 is 0 Å². The molecule has 4 rings (SSSR count). The number of H-pyrrole nitrogens is 1. The van der Waals surface area contributed by atoms with Crippen LogP contribution in [0.1, 0.15) is 31.2 Å². The Morgan fingerprint density at radius 2 is 1.75 bits per heavy atom. The molecule has 1 fully saturated rings. The molecular formula is C24H26ClN3O4. The van der Waals surface area contributed by atoms with Crippen LogP contribution in [0.5, 0.6) is 11.5 Å². The average Bonchev–Trinajstić information content (AvgIpc) is 3.32. The van der Waals surface area contributed by atoms with Gasteiger partial charge in [0.15, 0.2) is 11.5 Å². The van der Waals surface area contributed by atoms with Gasteiger partial charge in [0.1, 0.15) is 0 Å². The fraction of sp³-hybridized carbons (Fsp3) is 0.333. The summed E-state index contributed by atoms with van der Waals surface area (Å²) in [6, 6.07) is 12.2. The molecule has 2 amide bonds. The van der Waals surface area contributed by atoms with Gasteiger partial charge in [0.2, 0.25) is 0 Å². The molecule has 2 N–H and O–H groups in total. The van der Waals surface area contributed by atoms with Gasteiger partial charge in [-0.2, -0.15) is 0 Å². The number of nitrogens with zero attached hydrogens (tertiary/aromatic N) is 1. The predicted molar refractivity (Wildman–Crippen MR) is 126 cm³/mol. The zero-order valence-electron chi connectivity index (χ0n) is 18.1. The second-order valence-electron chi connectivity index (χ2n) is 7.92. The summed E-state index contributed by atoms with van der Waals surface area (Å²) >= 11 is 5.95. The number of carbonyl (C=O) groups is 1. The van der Waals surface area contributed by atoms with Gasteiger partial charge in [0.25, 0.3) is 5.56 Å². The average molecular weight is 456 g/mol. The molecule has 0 bridgehead atoms. The van der Waals surface area contributed by atoms with Crippen LogP contribution >= 0.6 is 11.6 Å². The first kappa shape index (κ1) is 22.0. The quantitative estimate of drug-likeness (QED) is 0.536. The molecule has 1 aliphatic rings. The van der Waals surface area contributed by atoms with Crippen molar-refractivity contribution in [2.75, 3.05) is 19.5 Å². The first-order chi connectivity index (χ1) is 15.5. The molecule has 0 saturated heterocycles. The van der Waals surface area contributed by atoms with Crippen LogP contribution in [0.25, 0.3) is 10.9 Å². The van der Waals surface area contributed by atoms with Gasteiger partial charge in [-0.3, -0.25) is 4.79 Å². The lowest BCUT2D eigenvalue weighted by molar-refractivity contribution is 0.184. The van der Waals surface area contributed by atoms with Crippen molar-refractivity contribution in [3.05, 3.63) is 63.4 Å². The maximum atomic E-state index is 13.2. The Hall–Kier alpha value is -3.19. The number of anilines is 1. The Labute approximate surface area is 191 Å². The minimum absolute atomic E-state index is 0.0859. The lowest BCUT2D eigenvalue weighted by atomic mass is 10.1. The van der Waals surface area contributed by atoms with Crippen LogP contribution in [0.4, 0.5) is 10.5 Å². The van der Waals surface area contributed by atoms with E-state index in [0.717, 1.165) is 31.1 Å². The van der Waals surface area contributed by atoms with Gasteiger partial charge in [-0.15, -0.1) is 0 Å². The van der Waals surface area contributed by atoms with Crippen molar-refractivity contribution in [2.24, 2.45) is 0 Å². The topological polar surface area (TPSA) is 83.7 Å². The molecule has 0 aliphatic heterocycles. The Morgan fingerprint density at radius 1 is 1.09 bits per heavy atom. The number of fused-ring (bicyclic) bond motifs is 1. The maximum absolute atomic E-state index is 13.2. The molecular weight excluding hydrogens is 430 g/mol. The monoisotopic (exact) mass is 455 g/mol. The highest BCUT2D eigenvalue weighted by molar-refractivity contribution is 6.30. The van der Waals surface area contributed by atoms with Crippen LogP contribution in [0.3, 0.4) is 0 Å². The fourth-order valence-corrected chi connectivity index (χ4v) is 4.32. The summed E-state index contributed by atoms with van der Waals surface area (Å²) in [5.41, 5.74) is 1.59. The zero-order valence-corrected chi connectivity index (χ0v) is 18.9. The van der Waals surface area contributed by atoms with Crippen molar-refractivity contribution >= 4 is 34.2 Å². The van der Waals surface area contributed by atoms with E-state index in [1.165, 1.54) is 0 Å². The summed E-state index contributed by atoms with van der Waals surface area (Å²) in [4.78, 5) is 30.7. The normalized spacial score (nSPS) is 13.8. The number of carbonyl (C=O) groups excluding carboxylic acids is 1. The molecule has 2 aromatic carbocycles. The van der Waals surface area contributed by atoms with Crippen molar-refractivity contribution in [1.82, 2.24) is 9.88 Å². The molecule has 7 nitrogen and oxygen atoms in total. The smallest absolute Gasteiger partial charge is 0.322 e. The number of methoxy groups -OCH3 is 2. The number of benzene rings is 2. The van der Waals surface area contributed by atoms with E-state index in [1.54, 1.807) is 49.5 Å². The summed E-state index contributed by atoms with van der Waals surface area (Å²) in [5, 5.41) is 4.35. The van der Waals surface area contributed by atoms with Crippen molar-refractivity contribution < 1.29 is 14.3 Å². The molecule has 32 heavy (non-hydrogen) atoms. The largest absolute Gasteiger partial charge is 0.493 e. The van der Waals surface area contributed by atoms with E-state index >= 15 is 0 Å². The Bertz CT molecular complexity index is 1170. The van der Waals surface area contributed by atoms with Crippen LogP contribution in [-0.2, 0) is 6.54 Å². The van der Waals surface area contributed by atoms with Gasteiger partial charge in [0, 0.05) is 33.8 Å². The maximum Gasteiger partial charge on any atom is 0.322 e. The number of aromatic nitrogens is 1. The van der Waals surface area contributed by atoms with Crippen molar-refractivity contribution in [2.45, 2.75) is 38.3 Å². The van der Waals surface area contributed by atoms with Gasteiger partial charge < -0.3 is 24.7 Å². The Morgan fingerprint density at radius 3 is 2.41 bits per heavy atom. The predicted octanol–water partition coefficient (Wildman–Crippen LogP) is 5.18. The number of amides is 2. The molecule has 1 aromatic heterocycles. The summed E-state index contributed by atoms with van der Waals surface area (Å²) in [6.07, 6.45) is 3.98. The van der Waals surface area contributed by atoms with Crippen LogP contribution in [-0.4, -0.2) is 36.2 Å². The lowest BCUT2D eigenvalue weighted by Crippen LogP contribution is -2.42. The molecule has 8 heteroatoms. The van der Waals surface area contributed by atoms with Gasteiger partial charge in [-0.05, 0) is 49.2 Å². The highest BCUT2D eigenvalue weighted by Gasteiger charge is 2.28. The number of hydrogen-bond acceptors (Lipinski definition) is 4. The molecule has 3 aromatic rings. The SMILES string of the molecule is COc1cc2cc(CN(C(=O)Nc3ccc(Cl)cc3)C3CCCC3)c(=O)[nH]c2cc1OC. The summed E-state index contributed by atoms with van der Waals surface area (Å²) in [7, 11) is 3.12. The van der Waals surface area contributed by atoms with Gasteiger partial charge >= 0.3 is 6.03 Å². The first-order valence-corrected chi connectivity index (χ1v) is 11.0. The number of aromatic amines is 1. The molecule has 0 radical (unpaired) electrons. The van der Waals surface area contributed by atoms with E-state index in [0.29, 0.717) is 33.3 Å². The number of nitrogens with one attached hydrogen (secondary N) is 2. The van der Waals surface area contributed by atoms with Gasteiger partial charge in [-0.25, -0.2) is 4.79 Å². The van der Waals surface area contributed by atoms with E-state index in [-0.39, 0.29) is 24.2 Å². The first-order valence-electron chi connectivity index (χ1n) is 10.6. The Kier molecular flexibility index (Phi) is 6.55. The van der Waals surface area contributed by atoms with Crippen LogP contribution in [0, 0.1) is 0 Å². The number of pyridine rings is 1. The highest BCUT2D eigenvalue weighted by atomic mass is 35.5. The molecule has 1 saturated carbocycles. The molecule has 168 valence electrons. The standard InChI is InChI=1S/C24H26ClN3O4/c1-31-21-12-15-11-16(23(29)27-20(15)13-22(21)32-2)14-28(19-5-3-4-6-19)24(30)26-18-9-7-17(25)8-10-18/h7-13,19H,3-6,14H2,1-2H3,(H,26,30)(H,27,29). The summed E-state index contributed by atoms with van der Waals surface area (Å²) in [6.45, 7) is 0.212. The number of rotatable bonds is 6. The Balaban J connectivity index is 1.65. The molecule has 1 heterocycles. The van der Waals surface area contributed by atoms with Gasteiger partial charge in [-0.1, -0.05) is 24.4 Å². The second-order valence-corrected chi connectivity index (χ2v) is 8.36. The second kappa shape index (κ2) is 9.53. The third-order valence-electron chi connectivity index (χ3n) is 5.89. The molecule has 0 unspecified atom stereocenters. The molecule has 0 spiro atoms. The lowest BCUT2D eigenvalue weighted by Gasteiger charge is -2.29. The molecule has 0 atom stereocenters. The zero-order chi connectivity index (χ0) is 22.7. The van der Waals surface area contributed by atoms with Crippen molar-refractivity contribution in [3.63, 3.8) is 0 Å². The number of ether oxygens (including phenoxy) is 2. The number of urea groups is 1. The summed E-state index contributed by atoms with van der Waals surface area (Å²) < 4.78 is 10.7. The van der Waals surface area contributed by atoms with Crippen molar-refractivity contribution in [3.8, 4) is 11.5 Å². The van der Waals surface area contributed by atoms with E-state index in [2.05, 4.69) is 10.3 Å². The van der Waals surface area contributed by atoms with Crippen LogP contribution in [0.15, 0.2) is 47.3 Å². The van der Waals surface area contributed by atoms with Crippen LogP contribution < -0.4 is 20.3 Å². The summed E-state index contributed by atoms with van der Waals surface area (Å²) in [5.74, 6) is 1.12. The van der Waals surface area contributed by atoms with E-state index in [4.69, 9.17) is 21.1 Å². The van der Waals surface area contributed by atoms with Crippen LogP contribution in [0.2, 0.25) is 5.02 Å². The minimum atomic E-state index is -0.231. The van der Waals surface area contributed by atoms with Gasteiger partial charge in [0.05, 0.1) is 26.3 Å². The number of halogens is 1. The van der Waals surface area contributed by atoms with Crippen molar-refractivity contribution in [1.29, 1.82) is 0 Å². The highest BCUT2D eigenvalue weighted by Crippen LogP contribution is 2.31. The third-order valence-corrected chi connectivity index (χ3v) is 6.14. The minimum Gasteiger partial charge on any atom is -0.493 e. The fourth-order valence-electron chi connectivity index (χ4n) is 4.19. The van der Waals surface area contributed by atoms with E-state index in [9.17, 15) is 9.59 Å².